The molecule has 0 amide bonds. The first kappa shape index (κ1) is 15.7. The molecule has 0 radical (unpaired) electrons. The van der Waals surface area contributed by atoms with E-state index >= 15 is 0 Å². The Bertz CT molecular complexity index is 10.3. The minimum absolute atomic E-state index is 0. The van der Waals surface area contributed by atoms with Crippen molar-refractivity contribution in [1.29, 1.82) is 0 Å². The van der Waals surface area contributed by atoms with Crippen molar-refractivity contribution in [2.24, 2.45) is 5.92 Å². The molecule has 0 saturated carbocycles. The summed E-state index contributed by atoms with van der Waals surface area (Å²) in [6, 6.07) is 0. The zero-order chi connectivity index (χ0) is 3.58. The summed E-state index contributed by atoms with van der Waals surface area (Å²) in [7, 11) is 0. The molecule has 0 aromatic carbocycles. The topological polar surface area (TPSA) is 0 Å². The fourth-order valence-electron chi connectivity index (χ4n) is 0. The molecule has 0 unspecified atom stereocenters. The van der Waals surface area contributed by atoms with Crippen LogP contribution in [0.25, 0.3) is 0 Å². The first-order valence-electron chi connectivity index (χ1n) is 1.73. The summed E-state index contributed by atoms with van der Waals surface area (Å²) in [6.45, 7) is 6.50. The minimum atomic E-state index is 0. The van der Waals surface area contributed by atoms with Crippen LogP contribution >= 0.6 is 0 Å². The summed E-state index contributed by atoms with van der Waals surface area (Å²) in [5, 5.41) is 0. The van der Waals surface area contributed by atoms with Crippen LogP contribution in [0.15, 0.2) is 0 Å². The number of rotatable bonds is 0. The Labute approximate surface area is 78.3 Å². The van der Waals surface area contributed by atoms with E-state index in [1.165, 1.54) is 0 Å². The fraction of sp³-hybridized carbons (Fsp3) is 1.00. The van der Waals surface area contributed by atoms with Gasteiger partial charge in [-0.25, -0.2) is 0 Å². The van der Waals surface area contributed by atoms with Crippen molar-refractivity contribution >= 4 is 52.4 Å². The van der Waals surface area contributed by atoms with Crippen LogP contribution in [0, 0.1) is 5.92 Å². The molecule has 6 heavy (non-hydrogen) atoms. The van der Waals surface area contributed by atoms with E-state index in [9.17, 15) is 0 Å². The fourth-order valence-corrected chi connectivity index (χ4v) is 0. The average Bonchev–Trinajstić information content (AvgIpc) is 0.811. The third kappa shape index (κ3) is 42.0. The zero-order valence-corrected chi connectivity index (χ0v) is 16.0. The molecule has 0 nitrogen and oxygen atoms in total. The van der Waals surface area contributed by atoms with Crippen LogP contribution < -0.4 is 0 Å². The van der Waals surface area contributed by atoms with Crippen molar-refractivity contribution in [2.45, 2.75) is 20.8 Å². The summed E-state index contributed by atoms with van der Waals surface area (Å²) in [6.07, 6.45) is 0. The van der Waals surface area contributed by atoms with Crippen LogP contribution in [-0.4, -0.2) is 52.4 Å². The maximum atomic E-state index is 2.17. The third-order valence-corrected chi connectivity index (χ3v) is 0. The van der Waals surface area contributed by atoms with Gasteiger partial charge in [-0.15, -0.1) is 0 Å². The number of hydrogen-bond donors (Lipinski definition) is 0. The van der Waals surface area contributed by atoms with E-state index in [0.717, 1.165) is 5.92 Å². The van der Waals surface area contributed by atoms with Crippen LogP contribution in [0.4, 0.5) is 0 Å². The van der Waals surface area contributed by atoms with Gasteiger partial charge in [-0.1, -0.05) is 20.8 Å². The zero-order valence-electron chi connectivity index (χ0n) is 4.99. The molecular weight excluding hydrogens is 466 g/mol. The van der Waals surface area contributed by atoms with Crippen molar-refractivity contribution in [1.82, 2.24) is 0 Å². The van der Waals surface area contributed by atoms with Gasteiger partial charge < -0.3 is 0 Å². The molecule has 0 saturated heterocycles. The monoisotopic (exact) mass is 482 g/mol. The Morgan fingerprint density at radius 2 is 0.833 bits per heavy atom. The van der Waals surface area contributed by atoms with Crippen molar-refractivity contribution in [3.8, 4) is 0 Å². The van der Waals surface area contributed by atoms with Crippen LogP contribution in [0.2, 0.25) is 0 Å². The molecule has 0 aliphatic carbocycles. The van der Waals surface area contributed by atoms with E-state index in [4.69, 9.17) is 0 Å². The second kappa shape index (κ2) is 9.90. The molecule has 0 rings (SSSR count). The summed E-state index contributed by atoms with van der Waals surface area (Å²) in [4.78, 5) is 0. The van der Waals surface area contributed by atoms with Gasteiger partial charge in [0.1, 0.15) is 0 Å². The van der Waals surface area contributed by atoms with Crippen LogP contribution in [0.1, 0.15) is 20.8 Å². The Morgan fingerprint density at radius 3 is 0.833 bits per heavy atom. The number of hydrogen-bond acceptors (Lipinski definition) is 0. The molecule has 0 aliphatic heterocycles. The van der Waals surface area contributed by atoms with E-state index in [2.05, 4.69) is 20.8 Å². The van der Waals surface area contributed by atoms with Gasteiger partial charge in [0.25, 0.3) is 0 Å². The van der Waals surface area contributed by atoms with Gasteiger partial charge >= 0.3 is 52.4 Å². The van der Waals surface area contributed by atoms with Gasteiger partial charge in [-0.2, -0.15) is 0 Å². The van der Waals surface area contributed by atoms with Gasteiger partial charge in [0.15, 0.2) is 0 Å². The van der Waals surface area contributed by atoms with Crippen molar-refractivity contribution < 1.29 is 0 Å². The molecule has 0 aliphatic rings. The molecule has 0 bridgehead atoms. The van der Waals surface area contributed by atoms with Crippen molar-refractivity contribution in [2.75, 3.05) is 0 Å². The predicted molar refractivity (Wildman–Crippen MR) is 40.4 cm³/mol. The molecule has 0 spiro atoms. The predicted octanol–water partition coefficient (Wildman–Crippen LogP) is -0.706. The molecule has 0 N–H and O–H groups in total. The molecule has 0 atom stereocenters. The van der Waals surface area contributed by atoms with Crippen LogP contribution in [0.5, 0.6) is 0 Å². The van der Waals surface area contributed by atoms with E-state index in [0.29, 0.717) is 0 Å². The quantitative estimate of drug-likeness (QED) is 0.401. The molecule has 0 aromatic rings. The summed E-state index contributed by atoms with van der Waals surface area (Å²) in [5.74, 6) is 0.833. The first-order chi connectivity index (χ1) is 1.73. The Balaban J connectivity index is -0.0000000450. The molecule has 42 valence electrons. The van der Waals surface area contributed by atoms with Gasteiger partial charge in [-0.05, 0) is 5.92 Å². The molecule has 2 heteroatoms. The average molecular weight is 482 g/mol. The Hall–Kier alpha value is 1.77. The second-order valence-corrected chi connectivity index (χ2v) is 1.73. The third-order valence-electron chi connectivity index (χ3n) is 0. The molecule has 0 heterocycles. The van der Waals surface area contributed by atoms with Gasteiger partial charge in [-0.3, -0.25) is 0 Å². The van der Waals surface area contributed by atoms with Crippen LogP contribution in [-0.2, 0) is 0 Å². The summed E-state index contributed by atoms with van der Waals surface area (Å²) >= 11 is 0. The normalized spacial score (nSPS) is 6.00. The SMILES string of the molecule is CC(C)C.[BiH3].[BiH3]. The molecule has 0 fully saturated rings. The maximum absolute atomic E-state index is 2.17. The Kier molecular flexibility index (Phi) is 25.8. The van der Waals surface area contributed by atoms with Gasteiger partial charge in [0.05, 0.1) is 0 Å². The van der Waals surface area contributed by atoms with Crippen LogP contribution in [0.3, 0.4) is 0 Å². The van der Waals surface area contributed by atoms with E-state index in [1.54, 1.807) is 0 Å². The van der Waals surface area contributed by atoms with E-state index in [1.807, 2.05) is 0 Å². The summed E-state index contributed by atoms with van der Waals surface area (Å²) < 4.78 is 0. The first-order valence-corrected chi connectivity index (χ1v) is 1.73. The summed E-state index contributed by atoms with van der Waals surface area (Å²) in [5.41, 5.74) is 0. The second-order valence-electron chi connectivity index (χ2n) is 1.73. The van der Waals surface area contributed by atoms with Crippen molar-refractivity contribution in [3.05, 3.63) is 0 Å². The van der Waals surface area contributed by atoms with Crippen molar-refractivity contribution in [3.63, 3.8) is 0 Å². The van der Waals surface area contributed by atoms with Gasteiger partial charge in [0, 0.05) is 0 Å². The standard InChI is InChI=1S/C4H10.2Bi.6H/c1-4(2)3;;;;;;;;/h4H,1-3H3;;;;;;;;. The molecule has 0 aromatic heterocycles. The Morgan fingerprint density at radius 1 is 0.833 bits per heavy atom. The van der Waals surface area contributed by atoms with E-state index in [-0.39, 0.29) is 52.4 Å². The van der Waals surface area contributed by atoms with E-state index < -0.39 is 0 Å². The van der Waals surface area contributed by atoms with Gasteiger partial charge in [0.2, 0.25) is 0 Å². The molecular formula is C4H16Bi2.